The molecule has 0 saturated carbocycles. The van der Waals surface area contributed by atoms with Crippen molar-refractivity contribution >= 4 is 34.7 Å². The fraction of sp³-hybridized carbons (Fsp3) is 0.308. The summed E-state index contributed by atoms with van der Waals surface area (Å²) in [6.07, 6.45) is 0.468. The van der Waals surface area contributed by atoms with Crippen LogP contribution in [0.5, 0.6) is 0 Å². The number of nitrogens with zero attached hydrogens (tertiary/aromatic N) is 1. The van der Waals surface area contributed by atoms with E-state index >= 15 is 0 Å². The van der Waals surface area contributed by atoms with Crippen LogP contribution in [0.25, 0.3) is 0 Å². The molecule has 0 aliphatic carbocycles. The van der Waals surface area contributed by atoms with Crippen LogP contribution in [0.2, 0.25) is 0 Å². The van der Waals surface area contributed by atoms with Gasteiger partial charge >= 0.3 is 0 Å². The molecule has 2 amide bonds. The van der Waals surface area contributed by atoms with Gasteiger partial charge in [-0.1, -0.05) is 19.1 Å². The zero-order valence-electron chi connectivity index (χ0n) is 10.9. The number of amides is 2. The average molecular weight is 295 g/mol. The molecule has 7 heteroatoms. The van der Waals surface area contributed by atoms with Crippen molar-refractivity contribution in [2.75, 3.05) is 11.4 Å². The van der Waals surface area contributed by atoms with Gasteiger partial charge in [0.2, 0.25) is 11.8 Å². The molecule has 1 unspecified atom stereocenters. The molecular formula is C13H14FN3O2S. The zero-order valence-corrected chi connectivity index (χ0v) is 11.7. The molecular weight excluding hydrogens is 281 g/mol. The molecule has 1 aliphatic rings. The molecule has 1 aromatic carbocycles. The third kappa shape index (κ3) is 2.62. The van der Waals surface area contributed by atoms with Crippen LogP contribution in [0.15, 0.2) is 18.2 Å². The number of rotatable bonds is 3. The number of hydrogen-bond donors (Lipinski definition) is 2. The Bertz CT molecular complexity index is 591. The summed E-state index contributed by atoms with van der Waals surface area (Å²) < 4.78 is 14.2. The summed E-state index contributed by atoms with van der Waals surface area (Å²) in [7, 11) is 0. The third-order valence-corrected chi connectivity index (χ3v) is 3.42. The van der Waals surface area contributed by atoms with E-state index in [9.17, 15) is 14.0 Å². The molecule has 0 bridgehead atoms. The maximum Gasteiger partial charge on any atom is 0.249 e. The van der Waals surface area contributed by atoms with E-state index in [0.717, 1.165) is 0 Å². The number of hydrogen-bond acceptors (Lipinski definition) is 4. The number of carbonyl (C=O) groups is 2. The van der Waals surface area contributed by atoms with Crippen molar-refractivity contribution in [3.05, 3.63) is 29.6 Å². The van der Waals surface area contributed by atoms with Crippen molar-refractivity contribution in [2.45, 2.75) is 19.4 Å². The van der Waals surface area contributed by atoms with Crippen LogP contribution in [0.1, 0.15) is 18.9 Å². The molecule has 1 aliphatic heterocycles. The second-order valence-corrected chi connectivity index (χ2v) is 4.93. The predicted octanol–water partition coefficient (Wildman–Crippen LogP) is 0.701. The second kappa shape index (κ2) is 5.54. The zero-order chi connectivity index (χ0) is 14.9. The highest BCUT2D eigenvalue weighted by Gasteiger charge is 2.33. The van der Waals surface area contributed by atoms with Gasteiger partial charge in [-0.05, 0) is 24.6 Å². The van der Waals surface area contributed by atoms with Crippen molar-refractivity contribution < 1.29 is 14.0 Å². The van der Waals surface area contributed by atoms with Crippen molar-refractivity contribution in [3.63, 3.8) is 0 Å². The Labute approximate surface area is 120 Å². The van der Waals surface area contributed by atoms with Gasteiger partial charge in [-0.3, -0.25) is 14.9 Å². The summed E-state index contributed by atoms with van der Waals surface area (Å²) in [5.41, 5.74) is 6.04. The van der Waals surface area contributed by atoms with Crippen LogP contribution in [-0.2, 0) is 9.59 Å². The van der Waals surface area contributed by atoms with Crippen molar-refractivity contribution in [3.8, 4) is 0 Å². The van der Waals surface area contributed by atoms with Gasteiger partial charge in [0.25, 0.3) is 0 Å². The molecule has 1 aromatic rings. The second-order valence-electron chi connectivity index (χ2n) is 4.49. The number of nitrogens with two attached hydrogens (primary N) is 1. The maximum atomic E-state index is 14.2. The summed E-state index contributed by atoms with van der Waals surface area (Å²) in [6, 6.07) is 3.70. The van der Waals surface area contributed by atoms with E-state index in [4.69, 9.17) is 18.0 Å². The van der Waals surface area contributed by atoms with Gasteiger partial charge in [0.05, 0.1) is 12.2 Å². The summed E-state index contributed by atoms with van der Waals surface area (Å²) in [5.74, 6) is -1.42. The minimum atomic E-state index is -0.571. The topological polar surface area (TPSA) is 75.4 Å². The molecule has 1 fully saturated rings. The number of carbonyl (C=O) groups excluding carboxylic acids is 2. The molecule has 106 valence electrons. The molecule has 1 atom stereocenters. The van der Waals surface area contributed by atoms with E-state index in [2.05, 4.69) is 5.32 Å². The number of nitrogens with one attached hydrogen (secondary N) is 1. The summed E-state index contributed by atoms with van der Waals surface area (Å²) in [6.45, 7) is 1.74. The Balaban J connectivity index is 2.40. The molecule has 0 aromatic heterocycles. The normalized spacial score (nSPS) is 18.9. The highest BCUT2D eigenvalue weighted by Crippen LogP contribution is 2.25. The SMILES string of the molecule is CCC1C(=O)NC(=O)CN1c1ccc(C(N)=S)cc1F. The van der Waals surface area contributed by atoms with Gasteiger partial charge in [-0.25, -0.2) is 4.39 Å². The summed E-state index contributed by atoms with van der Waals surface area (Å²) in [5, 5.41) is 2.25. The quantitative estimate of drug-likeness (QED) is 0.634. The molecule has 2 rings (SSSR count). The first-order valence-corrected chi connectivity index (χ1v) is 6.54. The highest BCUT2D eigenvalue weighted by atomic mass is 32.1. The van der Waals surface area contributed by atoms with E-state index < -0.39 is 23.7 Å². The van der Waals surface area contributed by atoms with Gasteiger partial charge in [0.1, 0.15) is 16.8 Å². The molecule has 20 heavy (non-hydrogen) atoms. The number of benzene rings is 1. The Hall–Kier alpha value is -2.02. The van der Waals surface area contributed by atoms with Gasteiger partial charge in [0, 0.05) is 5.56 Å². The van der Waals surface area contributed by atoms with Crippen molar-refractivity contribution in [1.82, 2.24) is 5.32 Å². The van der Waals surface area contributed by atoms with Gasteiger partial charge in [0.15, 0.2) is 0 Å². The molecule has 0 spiro atoms. The molecule has 0 radical (unpaired) electrons. The van der Waals surface area contributed by atoms with E-state index in [1.807, 2.05) is 0 Å². The van der Waals surface area contributed by atoms with E-state index in [0.29, 0.717) is 12.0 Å². The minimum absolute atomic E-state index is 0.0619. The van der Waals surface area contributed by atoms with Crippen LogP contribution in [0.3, 0.4) is 0 Å². The standard InChI is InChI=1S/C13H14FN3O2S/c1-2-9-13(19)16-11(18)6-17(9)10-4-3-7(12(15)20)5-8(10)14/h3-5,9H,2,6H2,1H3,(H2,15,20)(H,16,18,19). The van der Waals surface area contributed by atoms with E-state index in [1.165, 1.54) is 17.0 Å². The fourth-order valence-corrected chi connectivity index (χ4v) is 2.35. The Morgan fingerprint density at radius 3 is 2.80 bits per heavy atom. The summed E-state index contributed by atoms with van der Waals surface area (Å²) >= 11 is 4.78. The van der Waals surface area contributed by atoms with Crippen molar-refractivity contribution in [2.24, 2.45) is 5.73 Å². The predicted molar refractivity (Wildman–Crippen MR) is 76.9 cm³/mol. The fourth-order valence-electron chi connectivity index (χ4n) is 2.22. The highest BCUT2D eigenvalue weighted by molar-refractivity contribution is 7.80. The van der Waals surface area contributed by atoms with E-state index in [-0.39, 0.29) is 17.2 Å². The Morgan fingerprint density at radius 2 is 2.25 bits per heavy atom. The average Bonchev–Trinajstić information content (AvgIpc) is 2.37. The first kappa shape index (κ1) is 14.4. The lowest BCUT2D eigenvalue weighted by molar-refractivity contribution is -0.132. The third-order valence-electron chi connectivity index (χ3n) is 3.18. The lowest BCUT2D eigenvalue weighted by atomic mass is 10.1. The van der Waals surface area contributed by atoms with E-state index in [1.54, 1.807) is 13.0 Å². The lowest BCUT2D eigenvalue weighted by Gasteiger charge is -2.35. The van der Waals surface area contributed by atoms with Gasteiger partial charge in [-0.2, -0.15) is 0 Å². The van der Waals surface area contributed by atoms with Crippen LogP contribution < -0.4 is 16.0 Å². The first-order chi connectivity index (χ1) is 9.43. The minimum Gasteiger partial charge on any atom is -0.389 e. The summed E-state index contributed by atoms with van der Waals surface area (Å²) in [4.78, 5) is 24.8. The van der Waals surface area contributed by atoms with Crippen LogP contribution >= 0.6 is 12.2 Å². The lowest BCUT2D eigenvalue weighted by Crippen LogP contribution is -2.58. The van der Waals surface area contributed by atoms with Gasteiger partial charge < -0.3 is 10.6 Å². The van der Waals surface area contributed by atoms with Crippen LogP contribution in [0.4, 0.5) is 10.1 Å². The largest absolute Gasteiger partial charge is 0.389 e. The Morgan fingerprint density at radius 1 is 1.55 bits per heavy atom. The van der Waals surface area contributed by atoms with Gasteiger partial charge in [-0.15, -0.1) is 0 Å². The van der Waals surface area contributed by atoms with Crippen molar-refractivity contribution in [1.29, 1.82) is 0 Å². The molecule has 1 heterocycles. The molecule has 5 nitrogen and oxygen atoms in total. The number of imide groups is 1. The monoisotopic (exact) mass is 295 g/mol. The smallest absolute Gasteiger partial charge is 0.249 e. The van der Waals surface area contributed by atoms with Crippen LogP contribution in [-0.4, -0.2) is 29.4 Å². The number of anilines is 1. The Kier molecular flexibility index (Phi) is 3.99. The number of piperazine rings is 1. The molecule has 3 N–H and O–H groups in total. The first-order valence-electron chi connectivity index (χ1n) is 6.13. The molecule has 1 saturated heterocycles. The maximum absolute atomic E-state index is 14.2. The number of halogens is 1. The number of thiocarbonyl (C=S) groups is 1. The van der Waals surface area contributed by atoms with Crippen LogP contribution in [0, 0.1) is 5.82 Å².